The zero-order chi connectivity index (χ0) is 18.1. The van der Waals surface area contributed by atoms with Gasteiger partial charge in [-0.05, 0) is 65.2 Å². The fourth-order valence-electron chi connectivity index (χ4n) is 3.27. The van der Waals surface area contributed by atoms with Gasteiger partial charge in [0.1, 0.15) is 0 Å². The molecular weight excluding hydrogens is 364 g/mol. The van der Waals surface area contributed by atoms with Crippen LogP contribution in [0, 0.1) is 0 Å². The summed E-state index contributed by atoms with van der Waals surface area (Å²) in [5, 5.41) is 5.96. The van der Waals surface area contributed by atoms with E-state index < -0.39 is 0 Å². The van der Waals surface area contributed by atoms with E-state index in [1.54, 1.807) is 11.3 Å². The molecule has 0 saturated heterocycles. The van der Waals surface area contributed by atoms with Crippen LogP contribution in [0.15, 0.2) is 60.0 Å². The normalized spacial score (nSPS) is 14.8. The van der Waals surface area contributed by atoms with E-state index in [0.29, 0.717) is 17.1 Å². The average molecular weight is 383 g/mol. The summed E-state index contributed by atoms with van der Waals surface area (Å²) in [6, 6.07) is 17.7. The van der Waals surface area contributed by atoms with Crippen molar-refractivity contribution in [3.05, 3.63) is 81.7 Å². The van der Waals surface area contributed by atoms with Crippen molar-refractivity contribution in [3.8, 4) is 10.4 Å². The maximum atomic E-state index is 12.9. The fourth-order valence-corrected chi connectivity index (χ4v) is 4.22. The van der Waals surface area contributed by atoms with Crippen molar-refractivity contribution in [3.63, 3.8) is 0 Å². The van der Waals surface area contributed by atoms with Gasteiger partial charge in [-0.15, -0.1) is 11.3 Å². The van der Waals surface area contributed by atoms with Crippen molar-refractivity contribution in [1.82, 2.24) is 5.32 Å². The molecule has 132 valence electrons. The van der Waals surface area contributed by atoms with Gasteiger partial charge in [-0.2, -0.15) is 0 Å². The average Bonchev–Trinajstić information content (AvgIpc) is 3.22. The number of rotatable bonds is 5. The third-order valence-electron chi connectivity index (χ3n) is 4.84. The van der Waals surface area contributed by atoms with Gasteiger partial charge in [0.2, 0.25) is 0 Å². The molecule has 1 aliphatic carbocycles. The van der Waals surface area contributed by atoms with Crippen molar-refractivity contribution in [2.45, 2.75) is 24.9 Å². The second-order valence-corrected chi connectivity index (χ2v) is 7.99. The predicted octanol–water partition coefficient (Wildman–Crippen LogP) is 4.95. The molecule has 1 aliphatic rings. The molecule has 3 nitrogen and oxygen atoms in total. The molecule has 1 heterocycles. The SMILES string of the molecule is NCc1ccccc1C(=O)NC1(c2cc(Cl)cc(-c3cccs3)c2)CC1. The summed E-state index contributed by atoms with van der Waals surface area (Å²) in [6.07, 6.45) is 1.82. The number of hydrogen-bond acceptors (Lipinski definition) is 3. The largest absolute Gasteiger partial charge is 0.343 e. The smallest absolute Gasteiger partial charge is 0.252 e. The molecule has 1 fully saturated rings. The highest BCUT2D eigenvalue weighted by atomic mass is 35.5. The monoisotopic (exact) mass is 382 g/mol. The Bertz CT molecular complexity index is 948. The first kappa shape index (κ1) is 17.3. The number of thiophene rings is 1. The Morgan fingerprint density at radius 3 is 2.65 bits per heavy atom. The van der Waals surface area contributed by atoms with Gasteiger partial charge in [0.15, 0.2) is 0 Å². The minimum absolute atomic E-state index is 0.0822. The van der Waals surface area contributed by atoms with E-state index in [9.17, 15) is 4.79 Å². The van der Waals surface area contributed by atoms with E-state index >= 15 is 0 Å². The Kier molecular flexibility index (Phi) is 4.57. The lowest BCUT2D eigenvalue weighted by atomic mass is 10.00. The molecular formula is C21H19ClN2OS. The van der Waals surface area contributed by atoms with Crippen LogP contribution in [0.25, 0.3) is 10.4 Å². The quantitative estimate of drug-likeness (QED) is 0.656. The zero-order valence-corrected chi connectivity index (χ0v) is 15.7. The van der Waals surface area contributed by atoms with Crippen molar-refractivity contribution < 1.29 is 4.79 Å². The standard InChI is InChI=1S/C21H19ClN2OS/c22-17-11-15(19-6-3-9-26-19)10-16(12-17)21(7-8-21)24-20(25)18-5-2-1-4-14(18)13-23/h1-6,9-12H,7-8,13,23H2,(H,24,25). The van der Waals surface area contributed by atoms with E-state index in [1.807, 2.05) is 47.8 Å². The predicted molar refractivity (Wildman–Crippen MR) is 107 cm³/mol. The Labute approximate surface area is 161 Å². The molecule has 26 heavy (non-hydrogen) atoms. The number of benzene rings is 2. The Morgan fingerprint density at radius 1 is 1.15 bits per heavy atom. The van der Waals surface area contributed by atoms with Crippen LogP contribution in [-0.4, -0.2) is 5.91 Å². The molecule has 1 saturated carbocycles. The molecule has 5 heteroatoms. The number of halogens is 1. The Balaban J connectivity index is 1.65. The zero-order valence-electron chi connectivity index (χ0n) is 14.2. The second kappa shape index (κ2) is 6.88. The molecule has 0 unspecified atom stereocenters. The lowest BCUT2D eigenvalue weighted by Crippen LogP contribution is -2.35. The minimum Gasteiger partial charge on any atom is -0.343 e. The molecule has 3 N–H and O–H groups in total. The first-order valence-corrected chi connectivity index (χ1v) is 9.82. The Morgan fingerprint density at radius 2 is 1.96 bits per heavy atom. The summed E-state index contributed by atoms with van der Waals surface area (Å²) < 4.78 is 0. The molecule has 1 aromatic heterocycles. The molecule has 2 aromatic carbocycles. The van der Waals surface area contributed by atoms with Crippen LogP contribution in [0.4, 0.5) is 0 Å². The lowest BCUT2D eigenvalue weighted by molar-refractivity contribution is 0.0930. The summed E-state index contributed by atoms with van der Waals surface area (Å²) in [6.45, 7) is 0.344. The molecule has 0 atom stereocenters. The maximum absolute atomic E-state index is 12.9. The number of nitrogens with one attached hydrogen (secondary N) is 1. The second-order valence-electron chi connectivity index (χ2n) is 6.60. The van der Waals surface area contributed by atoms with Gasteiger partial charge in [-0.3, -0.25) is 4.79 Å². The highest BCUT2D eigenvalue weighted by molar-refractivity contribution is 7.13. The third kappa shape index (κ3) is 3.28. The summed E-state index contributed by atoms with van der Waals surface area (Å²) >= 11 is 8.06. The molecule has 0 radical (unpaired) electrons. The van der Waals surface area contributed by atoms with Crippen LogP contribution < -0.4 is 11.1 Å². The number of nitrogens with two attached hydrogens (primary N) is 1. The van der Waals surface area contributed by atoms with Gasteiger partial charge >= 0.3 is 0 Å². The third-order valence-corrected chi connectivity index (χ3v) is 5.98. The van der Waals surface area contributed by atoms with Crippen molar-refractivity contribution in [1.29, 1.82) is 0 Å². The van der Waals surface area contributed by atoms with Crippen molar-refractivity contribution >= 4 is 28.8 Å². The van der Waals surface area contributed by atoms with E-state index in [0.717, 1.165) is 29.5 Å². The number of carbonyl (C=O) groups is 1. The minimum atomic E-state index is -0.338. The summed E-state index contributed by atoms with van der Waals surface area (Å²) in [5.41, 5.74) is 9.08. The van der Waals surface area contributed by atoms with Crippen molar-refractivity contribution in [2.24, 2.45) is 5.73 Å². The topological polar surface area (TPSA) is 55.1 Å². The van der Waals surface area contributed by atoms with Crippen molar-refractivity contribution in [2.75, 3.05) is 0 Å². The lowest BCUT2D eigenvalue weighted by Gasteiger charge is -2.20. The van der Waals surface area contributed by atoms with Gasteiger partial charge < -0.3 is 11.1 Å². The summed E-state index contributed by atoms with van der Waals surface area (Å²) in [7, 11) is 0. The first-order chi connectivity index (χ1) is 12.6. The maximum Gasteiger partial charge on any atom is 0.252 e. The van der Waals surface area contributed by atoms with Crippen LogP contribution in [0.1, 0.15) is 34.3 Å². The van der Waals surface area contributed by atoms with Crippen LogP contribution in [0.3, 0.4) is 0 Å². The first-order valence-electron chi connectivity index (χ1n) is 8.57. The van der Waals surface area contributed by atoms with Crippen LogP contribution in [-0.2, 0) is 12.1 Å². The van der Waals surface area contributed by atoms with Gasteiger partial charge in [-0.25, -0.2) is 0 Å². The molecule has 0 aliphatic heterocycles. The molecule has 4 rings (SSSR count). The van der Waals surface area contributed by atoms with Gasteiger partial charge in [0, 0.05) is 22.0 Å². The molecule has 1 amide bonds. The van der Waals surface area contributed by atoms with Gasteiger partial charge in [0.25, 0.3) is 5.91 Å². The van der Waals surface area contributed by atoms with Gasteiger partial charge in [-0.1, -0.05) is 35.9 Å². The molecule has 0 spiro atoms. The summed E-state index contributed by atoms with van der Waals surface area (Å²) in [4.78, 5) is 14.0. The number of amides is 1. The van der Waals surface area contributed by atoms with Crippen LogP contribution in [0.5, 0.6) is 0 Å². The molecule has 0 bridgehead atoms. The highest BCUT2D eigenvalue weighted by Crippen LogP contribution is 2.47. The number of carbonyl (C=O) groups excluding carboxylic acids is 1. The van der Waals surface area contributed by atoms with E-state index in [-0.39, 0.29) is 11.4 Å². The van der Waals surface area contributed by atoms with E-state index in [2.05, 4.69) is 17.4 Å². The van der Waals surface area contributed by atoms with Crippen LogP contribution in [0.2, 0.25) is 5.02 Å². The fraction of sp³-hybridized carbons (Fsp3) is 0.190. The van der Waals surface area contributed by atoms with Gasteiger partial charge in [0.05, 0.1) is 5.54 Å². The highest BCUT2D eigenvalue weighted by Gasteiger charge is 2.46. The number of hydrogen-bond donors (Lipinski definition) is 2. The van der Waals surface area contributed by atoms with Crippen LogP contribution >= 0.6 is 22.9 Å². The Hall–Kier alpha value is -2.14. The summed E-state index contributed by atoms with van der Waals surface area (Å²) in [5.74, 6) is -0.0822. The van der Waals surface area contributed by atoms with E-state index in [4.69, 9.17) is 17.3 Å². The van der Waals surface area contributed by atoms with E-state index in [1.165, 1.54) is 4.88 Å². The molecule has 3 aromatic rings.